The van der Waals surface area contributed by atoms with Gasteiger partial charge in [0.1, 0.15) is 23.9 Å². The third-order valence-corrected chi connectivity index (χ3v) is 7.24. The number of piperidine rings is 1. The number of hydrogen-bond acceptors (Lipinski definition) is 4. The molecular formula is C30H29FN2O2. The monoisotopic (exact) mass is 468 g/mol. The van der Waals surface area contributed by atoms with Crippen molar-refractivity contribution in [2.75, 3.05) is 31.6 Å². The number of hydrogen-bond donors (Lipinski definition) is 2. The Morgan fingerprint density at radius 1 is 0.886 bits per heavy atom. The van der Waals surface area contributed by atoms with Crippen LogP contribution < -0.4 is 10.1 Å². The molecule has 6 rings (SSSR count). The third-order valence-electron chi connectivity index (χ3n) is 7.24. The van der Waals surface area contributed by atoms with Gasteiger partial charge >= 0.3 is 0 Å². The summed E-state index contributed by atoms with van der Waals surface area (Å²) in [4.78, 5) is 2.47. The fourth-order valence-electron chi connectivity index (χ4n) is 5.47. The first kappa shape index (κ1) is 21.9. The molecule has 35 heavy (non-hydrogen) atoms. The summed E-state index contributed by atoms with van der Waals surface area (Å²) in [6, 6.07) is 22.5. The predicted molar refractivity (Wildman–Crippen MR) is 139 cm³/mol. The molecule has 1 unspecified atom stereocenters. The Balaban J connectivity index is 1.31. The lowest BCUT2D eigenvalue weighted by Crippen LogP contribution is -2.33. The molecule has 2 aliphatic rings. The van der Waals surface area contributed by atoms with Gasteiger partial charge in [-0.15, -0.1) is 0 Å². The van der Waals surface area contributed by atoms with E-state index in [1.54, 1.807) is 18.2 Å². The van der Waals surface area contributed by atoms with E-state index in [0.29, 0.717) is 6.61 Å². The number of likely N-dealkylation sites (tertiary alicyclic amines) is 1. The standard InChI is InChI=1S/C30H29FN2O2/c31-22-7-12-26-27-11-6-21-18-23(34)8-13-25(21)29(27)30(32-28(26)19-22)20-4-9-24(10-5-20)35-17-16-33-14-2-1-3-15-33/h4-13,18-19,30,32,34H,1-3,14-17H2. The molecule has 4 aromatic carbocycles. The van der Waals surface area contributed by atoms with Crippen LogP contribution in [0.25, 0.3) is 21.9 Å². The zero-order valence-electron chi connectivity index (χ0n) is 19.6. The molecule has 2 aliphatic heterocycles. The molecule has 0 amide bonds. The van der Waals surface area contributed by atoms with Gasteiger partial charge in [0.25, 0.3) is 0 Å². The van der Waals surface area contributed by atoms with Gasteiger partial charge in [-0.1, -0.05) is 36.8 Å². The molecule has 2 heterocycles. The minimum absolute atomic E-state index is 0.157. The normalized spacial score (nSPS) is 17.5. The Labute approximate surface area is 205 Å². The number of rotatable bonds is 5. The van der Waals surface area contributed by atoms with E-state index in [2.05, 4.69) is 28.4 Å². The van der Waals surface area contributed by atoms with Crippen molar-refractivity contribution in [1.82, 2.24) is 4.90 Å². The van der Waals surface area contributed by atoms with Crippen molar-refractivity contribution in [2.24, 2.45) is 0 Å². The first-order valence-corrected chi connectivity index (χ1v) is 12.4. The zero-order valence-corrected chi connectivity index (χ0v) is 19.6. The molecule has 0 spiro atoms. The van der Waals surface area contributed by atoms with Crippen LogP contribution in [0.2, 0.25) is 0 Å². The maximum atomic E-state index is 14.1. The van der Waals surface area contributed by atoms with Crippen LogP contribution in [0.3, 0.4) is 0 Å². The third kappa shape index (κ3) is 4.32. The summed E-state index contributed by atoms with van der Waals surface area (Å²) >= 11 is 0. The summed E-state index contributed by atoms with van der Waals surface area (Å²) in [5.74, 6) is 0.837. The number of phenolic OH excluding ortho intramolecular Hbond substituents is 1. The van der Waals surface area contributed by atoms with Crippen molar-refractivity contribution in [3.8, 4) is 22.6 Å². The number of phenols is 1. The largest absolute Gasteiger partial charge is 0.508 e. The summed E-state index contributed by atoms with van der Waals surface area (Å²) in [6.45, 7) is 3.98. The van der Waals surface area contributed by atoms with Crippen LogP contribution in [-0.4, -0.2) is 36.2 Å². The van der Waals surface area contributed by atoms with E-state index in [0.717, 1.165) is 51.0 Å². The lowest BCUT2D eigenvalue weighted by atomic mass is 9.83. The molecule has 4 aromatic rings. The quantitative estimate of drug-likeness (QED) is 0.341. The van der Waals surface area contributed by atoms with E-state index in [9.17, 15) is 9.50 Å². The van der Waals surface area contributed by atoms with E-state index in [1.807, 2.05) is 30.3 Å². The van der Waals surface area contributed by atoms with E-state index < -0.39 is 0 Å². The van der Waals surface area contributed by atoms with Gasteiger partial charge in [0.2, 0.25) is 0 Å². The number of anilines is 1. The molecule has 0 aromatic heterocycles. The second kappa shape index (κ2) is 9.23. The van der Waals surface area contributed by atoms with Gasteiger partial charge in [0.05, 0.1) is 6.04 Å². The van der Waals surface area contributed by atoms with Crippen molar-refractivity contribution in [3.63, 3.8) is 0 Å². The van der Waals surface area contributed by atoms with Crippen molar-refractivity contribution >= 4 is 16.5 Å². The van der Waals surface area contributed by atoms with Crippen LogP contribution >= 0.6 is 0 Å². The lowest BCUT2D eigenvalue weighted by Gasteiger charge is -2.31. The predicted octanol–water partition coefficient (Wildman–Crippen LogP) is 6.73. The average Bonchev–Trinajstić information content (AvgIpc) is 2.88. The van der Waals surface area contributed by atoms with Gasteiger partial charge < -0.3 is 15.2 Å². The Bertz CT molecular complexity index is 1360. The van der Waals surface area contributed by atoms with Gasteiger partial charge in [-0.25, -0.2) is 4.39 Å². The maximum absolute atomic E-state index is 14.1. The van der Waals surface area contributed by atoms with Gasteiger partial charge in [-0.2, -0.15) is 0 Å². The topological polar surface area (TPSA) is 44.7 Å². The molecule has 0 bridgehead atoms. The summed E-state index contributed by atoms with van der Waals surface area (Å²) in [7, 11) is 0. The van der Waals surface area contributed by atoms with E-state index in [4.69, 9.17) is 4.74 Å². The highest BCUT2D eigenvalue weighted by Crippen LogP contribution is 2.46. The number of ether oxygens (including phenoxy) is 1. The van der Waals surface area contributed by atoms with Gasteiger partial charge in [-0.05, 0) is 95.9 Å². The number of benzene rings is 4. The Kier molecular flexibility index (Phi) is 5.78. The summed E-state index contributed by atoms with van der Waals surface area (Å²) < 4.78 is 20.2. The van der Waals surface area contributed by atoms with Crippen LogP contribution in [0.4, 0.5) is 10.1 Å². The number of nitrogens with one attached hydrogen (secondary N) is 1. The zero-order chi connectivity index (χ0) is 23.8. The molecule has 5 heteroatoms. The van der Waals surface area contributed by atoms with Gasteiger partial charge in [-0.3, -0.25) is 4.90 Å². The van der Waals surface area contributed by atoms with Crippen molar-refractivity contribution in [2.45, 2.75) is 25.3 Å². The van der Waals surface area contributed by atoms with Gasteiger partial charge in [0.15, 0.2) is 0 Å². The fourth-order valence-corrected chi connectivity index (χ4v) is 5.47. The van der Waals surface area contributed by atoms with Crippen molar-refractivity contribution in [1.29, 1.82) is 0 Å². The Morgan fingerprint density at radius 2 is 1.69 bits per heavy atom. The first-order chi connectivity index (χ1) is 17.2. The number of aromatic hydroxyl groups is 1. The highest BCUT2D eigenvalue weighted by atomic mass is 19.1. The SMILES string of the molecule is Oc1ccc2c3c(ccc2c1)-c1ccc(F)cc1NC3c1ccc(OCCN2CCCCC2)cc1. The van der Waals surface area contributed by atoms with Crippen molar-refractivity contribution < 1.29 is 14.2 Å². The van der Waals surface area contributed by atoms with E-state index >= 15 is 0 Å². The van der Waals surface area contributed by atoms with Gasteiger partial charge in [0, 0.05) is 17.8 Å². The van der Waals surface area contributed by atoms with Crippen LogP contribution in [0.1, 0.15) is 36.4 Å². The summed E-state index contributed by atoms with van der Waals surface area (Å²) in [5, 5.41) is 15.6. The second-order valence-electron chi connectivity index (χ2n) is 9.52. The molecule has 0 saturated carbocycles. The number of halogens is 1. The molecule has 0 radical (unpaired) electrons. The first-order valence-electron chi connectivity index (χ1n) is 12.4. The minimum Gasteiger partial charge on any atom is -0.508 e. The second-order valence-corrected chi connectivity index (χ2v) is 9.52. The minimum atomic E-state index is -0.262. The average molecular weight is 469 g/mol. The molecule has 2 N–H and O–H groups in total. The van der Waals surface area contributed by atoms with Crippen LogP contribution in [0.5, 0.6) is 11.5 Å². The highest BCUT2D eigenvalue weighted by Gasteiger charge is 2.27. The Hall–Kier alpha value is -3.57. The molecule has 178 valence electrons. The summed E-state index contributed by atoms with van der Waals surface area (Å²) in [6.07, 6.45) is 3.91. The Morgan fingerprint density at radius 3 is 2.51 bits per heavy atom. The van der Waals surface area contributed by atoms with E-state index in [-0.39, 0.29) is 17.6 Å². The van der Waals surface area contributed by atoms with Crippen LogP contribution in [0, 0.1) is 5.82 Å². The molecule has 0 aliphatic carbocycles. The molecule has 1 atom stereocenters. The smallest absolute Gasteiger partial charge is 0.125 e. The number of nitrogens with zero attached hydrogens (tertiary/aromatic N) is 1. The maximum Gasteiger partial charge on any atom is 0.125 e. The molecular weight excluding hydrogens is 439 g/mol. The molecule has 1 saturated heterocycles. The highest BCUT2D eigenvalue weighted by molar-refractivity contribution is 5.98. The summed E-state index contributed by atoms with van der Waals surface area (Å²) in [5.41, 5.74) is 5.03. The van der Waals surface area contributed by atoms with Crippen molar-refractivity contribution in [3.05, 3.63) is 89.7 Å². The molecule has 1 fully saturated rings. The van der Waals surface area contributed by atoms with E-state index in [1.165, 1.54) is 38.4 Å². The number of fused-ring (bicyclic) bond motifs is 5. The lowest BCUT2D eigenvalue weighted by molar-refractivity contribution is 0.183. The fraction of sp³-hybridized carbons (Fsp3) is 0.267. The van der Waals surface area contributed by atoms with Crippen LogP contribution in [-0.2, 0) is 0 Å². The van der Waals surface area contributed by atoms with Crippen LogP contribution in [0.15, 0.2) is 72.8 Å². The molecule has 4 nitrogen and oxygen atoms in total.